The van der Waals surface area contributed by atoms with Crippen LogP contribution in [0.5, 0.6) is 0 Å². The number of thiophene rings is 1. The number of hydrogen-bond acceptors (Lipinski definition) is 5. The van der Waals surface area contributed by atoms with Gasteiger partial charge in [-0.25, -0.2) is 13.2 Å². The van der Waals surface area contributed by atoms with Gasteiger partial charge in [0.25, 0.3) is 0 Å². The van der Waals surface area contributed by atoms with Crippen LogP contribution < -0.4 is 0 Å². The highest BCUT2D eigenvalue weighted by atomic mass is 32.2. The largest absolute Gasteiger partial charge is 0.457 e. The number of nitrogens with zero attached hydrogens (tertiary/aromatic N) is 1. The summed E-state index contributed by atoms with van der Waals surface area (Å²) in [5.74, 6) is -0.498. The molecule has 23 heavy (non-hydrogen) atoms. The molecule has 122 valence electrons. The molecule has 2 aromatic rings. The predicted octanol–water partition coefficient (Wildman–Crippen LogP) is 2.89. The first-order chi connectivity index (χ1) is 11.1. The molecule has 1 aromatic heterocycles. The Balaban J connectivity index is 1.67. The molecule has 0 atom stereocenters. The zero-order valence-electron chi connectivity index (χ0n) is 12.5. The molecule has 0 aliphatic carbocycles. The third-order valence-electron chi connectivity index (χ3n) is 3.69. The monoisotopic (exact) mass is 351 g/mol. The second kappa shape index (κ2) is 6.82. The lowest BCUT2D eigenvalue weighted by Gasteiger charge is -2.13. The van der Waals surface area contributed by atoms with Gasteiger partial charge in [-0.3, -0.25) is 0 Å². The van der Waals surface area contributed by atoms with Crippen LogP contribution in [0.3, 0.4) is 0 Å². The van der Waals surface area contributed by atoms with E-state index in [9.17, 15) is 13.2 Å². The van der Waals surface area contributed by atoms with E-state index in [1.807, 2.05) is 30.3 Å². The summed E-state index contributed by atoms with van der Waals surface area (Å²) in [5, 5.41) is 1.51. The minimum atomic E-state index is -3.48. The van der Waals surface area contributed by atoms with Crippen LogP contribution in [-0.4, -0.2) is 31.8 Å². The minimum Gasteiger partial charge on any atom is -0.457 e. The maximum atomic E-state index is 12.4. The fourth-order valence-corrected chi connectivity index (χ4v) is 5.10. The summed E-state index contributed by atoms with van der Waals surface area (Å²) in [6.07, 6.45) is 1.77. The van der Waals surface area contributed by atoms with Gasteiger partial charge in [0.15, 0.2) is 0 Å². The fourth-order valence-electron chi connectivity index (χ4n) is 2.43. The Labute approximate surface area is 139 Å². The molecule has 0 spiro atoms. The Morgan fingerprint density at radius 2 is 1.87 bits per heavy atom. The van der Waals surface area contributed by atoms with Gasteiger partial charge in [-0.05, 0) is 24.5 Å². The molecule has 1 aromatic carbocycles. The first-order valence-corrected chi connectivity index (χ1v) is 9.69. The summed E-state index contributed by atoms with van der Waals surface area (Å²) in [4.78, 5) is 12.5. The molecule has 0 saturated carbocycles. The van der Waals surface area contributed by atoms with Gasteiger partial charge >= 0.3 is 5.97 Å². The van der Waals surface area contributed by atoms with E-state index in [1.54, 1.807) is 0 Å². The lowest BCUT2D eigenvalue weighted by atomic mass is 10.2. The van der Waals surface area contributed by atoms with Crippen LogP contribution in [0.1, 0.15) is 28.1 Å². The number of rotatable bonds is 5. The van der Waals surface area contributed by atoms with E-state index < -0.39 is 16.0 Å². The minimum absolute atomic E-state index is 0.172. The molecule has 0 bridgehead atoms. The van der Waals surface area contributed by atoms with E-state index in [-0.39, 0.29) is 11.5 Å². The number of sulfonamides is 1. The van der Waals surface area contributed by atoms with E-state index in [2.05, 4.69) is 0 Å². The van der Waals surface area contributed by atoms with Crippen molar-refractivity contribution in [2.75, 3.05) is 13.1 Å². The Hall–Kier alpha value is -1.70. The molecular weight excluding hydrogens is 334 g/mol. The van der Waals surface area contributed by atoms with Gasteiger partial charge in [0, 0.05) is 18.5 Å². The van der Waals surface area contributed by atoms with Gasteiger partial charge in [0.1, 0.15) is 11.5 Å². The molecule has 2 heterocycles. The Bertz CT molecular complexity index is 777. The number of esters is 1. The molecule has 1 aliphatic rings. The Kier molecular flexibility index (Phi) is 4.79. The molecule has 1 saturated heterocycles. The maximum Gasteiger partial charge on any atom is 0.348 e. The van der Waals surface area contributed by atoms with Crippen LogP contribution in [0.4, 0.5) is 0 Å². The molecule has 0 radical (unpaired) electrons. The zero-order valence-corrected chi connectivity index (χ0v) is 14.1. The Morgan fingerprint density at radius 1 is 1.17 bits per heavy atom. The number of hydrogen-bond donors (Lipinski definition) is 0. The van der Waals surface area contributed by atoms with E-state index in [1.165, 1.54) is 15.8 Å². The maximum absolute atomic E-state index is 12.4. The summed E-state index contributed by atoms with van der Waals surface area (Å²) >= 11 is 1.10. The normalized spacial score (nSPS) is 15.7. The third kappa shape index (κ3) is 3.63. The van der Waals surface area contributed by atoms with Crippen molar-refractivity contribution in [2.45, 2.75) is 24.3 Å². The van der Waals surface area contributed by atoms with Crippen LogP contribution in [-0.2, 0) is 21.4 Å². The van der Waals surface area contributed by atoms with Crippen molar-refractivity contribution in [1.29, 1.82) is 0 Å². The quantitative estimate of drug-likeness (QED) is 0.777. The average Bonchev–Trinajstić information content (AvgIpc) is 3.25. The van der Waals surface area contributed by atoms with Gasteiger partial charge in [0.2, 0.25) is 10.0 Å². The number of ether oxygens (including phenoxy) is 1. The SMILES string of the molecule is O=C(OCc1ccccc1)c1cc(S(=O)(=O)N2CCCC2)cs1. The van der Waals surface area contributed by atoms with Crippen molar-refractivity contribution in [1.82, 2.24) is 4.31 Å². The van der Waals surface area contributed by atoms with Crippen LogP contribution in [0.25, 0.3) is 0 Å². The van der Waals surface area contributed by atoms with Gasteiger partial charge < -0.3 is 4.74 Å². The molecule has 0 amide bonds. The van der Waals surface area contributed by atoms with Crippen molar-refractivity contribution < 1.29 is 17.9 Å². The first-order valence-electron chi connectivity index (χ1n) is 7.37. The molecular formula is C16H17NO4S2. The molecule has 7 heteroatoms. The van der Waals surface area contributed by atoms with Gasteiger partial charge in [-0.1, -0.05) is 30.3 Å². The second-order valence-corrected chi connectivity index (χ2v) is 8.17. The highest BCUT2D eigenvalue weighted by molar-refractivity contribution is 7.89. The van der Waals surface area contributed by atoms with E-state index in [0.29, 0.717) is 18.0 Å². The van der Waals surface area contributed by atoms with Crippen molar-refractivity contribution in [2.24, 2.45) is 0 Å². The summed E-state index contributed by atoms with van der Waals surface area (Å²) in [6.45, 7) is 1.27. The molecule has 1 fully saturated rings. The highest BCUT2D eigenvalue weighted by Gasteiger charge is 2.28. The molecule has 0 unspecified atom stereocenters. The summed E-state index contributed by atoms with van der Waals surface area (Å²) in [5.41, 5.74) is 0.891. The number of benzene rings is 1. The highest BCUT2D eigenvalue weighted by Crippen LogP contribution is 2.26. The van der Waals surface area contributed by atoms with Gasteiger partial charge in [0.05, 0.1) is 4.90 Å². The van der Waals surface area contributed by atoms with Crippen LogP contribution in [0, 0.1) is 0 Å². The summed E-state index contributed by atoms with van der Waals surface area (Å²) in [7, 11) is -3.48. The standard InChI is InChI=1S/C16H17NO4S2/c18-16(21-11-13-6-2-1-3-7-13)15-10-14(12-22-15)23(19,20)17-8-4-5-9-17/h1-3,6-7,10,12H,4-5,8-9,11H2. The van der Waals surface area contributed by atoms with Crippen molar-refractivity contribution in [3.8, 4) is 0 Å². The number of carbonyl (C=O) groups excluding carboxylic acids is 1. The smallest absolute Gasteiger partial charge is 0.348 e. The van der Waals surface area contributed by atoms with E-state index in [4.69, 9.17) is 4.74 Å². The Morgan fingerprint density at radius 3 is 2.57 bits per heavy atom. The van der Waals surface area contributed by atoms with Crippen LogP contribution >= 0.6 is 11.3 Å². The predicted molar refractivity (Wildman–Crippen MR) is 87.9 cm³/mol. The van der Waals surface area contributed by atoms with Crippen LogP contribution in [0.15, 0.2) is 46.7 Å². The summed E-state index contributed by atoms with van der Waals surface area (Å²) in [6, 6.07) is 10.8. The van der Waals surface area contributed by atoms with Crippen molar-refractivity contribution in [3.05, 3.63) is 52.2 Å². The van der Waals surface area contributed by atoms with Crippen LogP contribution in [0.2, 0.25) is 0 Å². The first kappa shape index (κ1) is 16.2. The third-order valence-corrected chi connectivity index (χ3v) is 6.63. The van der Waals surface area contributed by atoms with Gasteiger partial charge in [-0.15, -0.1) is 11.3 Å². The summed E-state index contributed by atoms with van der Waals surface area (Å²) < 4.78 is 31.6. The number of carbonyl (C=O) groups is 1. The fraction of sp³-hybridized carbons (Fsp3) is 0.312. The topological polar surface area (TPSA) is 63.7 Å². The lowest BCUT2D eigenvalue weighted by molar-refractivity contribution is 0.0478. The molecule has 1 aliphatic heterocycles. The second-order valence-electron chi connectivity index (χ2n) is 5.32. The van der Waals surface area contributed by atoms with Crippen molar-refractivity contribution in [3.63, 3.8) is 0 Å². The van der Waals surface area contributed by atoms with E-state index in [0.717, 1.165) is 29.7 Å². The molecule has 0 N–H and O–H groups in total. The average molecular weight is 351 g/mol. The van der Waals surface area contributed by atoms with E-state index >= 15 is 0 Å². The van der Waals surface area contributed by atoms with Crippen molar-refractivity contribution >= 4 is 27.3 Å². The molecule has 5 nitrogen and oxygen atoms in total. The lowest BCUT2D eigenvalue weighted by Crippen LogP contribution is -2.27. The van der Waals surface area contributed by atoms with Gasteiger partial charge in [-0.2, -0.15) is 4.31 Å². The molecule has 3 rings (SSSR count). The zero-order chi connectivity index (χ0) is 16.3.